The van der Waals surface area contributed by atoms with E-state index in [1.54, 1.807) is 0 Å². The highest BCUT2D eigenvalue weighted by Crippen LogP contribution is 2.32. The minimum Gasteiger partial charge on any atom is -0.360 e. The first-order chi connectivity index (χ1) is 11.6. The van der Waals surface area contributed by atoms with Gasteiger partial charge >= 0.3 is 12.4 Å². The number of aryl methyl sites for hydroxylation is 1. The van der Waals surface area contributed by atoms with Crippen LogP contribution in [0.4, 0.5) is 32.2 Å². The van der Waals surface area contributed by atoms with Crippen LogP contribution in [0.5, 0.6) is 0 Å². The van der Waals surface area contributed by atoms with Gasteiger partial charge in [-0.1, -0.05) is 0 Å². The van der Waals surface area contributed by atoms with E-state index < -0.39 is 30.6 Å². The molecule has 0 fully saturated rings. The number of fused-ring (bicyclic) bond motifs is 1. The summed E-state index contributed by atoms with van der Waals surface area (Å²) in [5, 5.41) is 13.5. The van der Waals surface area contributed by atoms with Crippen LogP contribution in [0.1, 0.15) is 35.8 Å². The number of anilines is 1. The number of nitrogens with zero attached hydrogens (tertiary/aromatic N) is 4. The molecule has 0 unspecified atom stereocenters. The van der Waals surface area contributed by atoms with Crippen LogP contribution in [-0.4, -0.2) is 26.2 Å². The van der Waals surface area contributed by atoms with E-state index in [0.717, 1.165) is 23.2 Å². The topological polar surface area (TPSA) is 55.6 Å². The summed E-state index contributed by atoms with van der Waals surface area (Å²) in [6, 6.07) is 1.50. The zero-order valence-electron chi connectivity index (χ0n) is 12.7. The van der Waals surface area contributed by atoms with Crippen LogP contribution >= 0.6 is 0 Å². The second-order valence-corrected chi connectivity index (χ2v) is 5.74. The lowest BCUT2D eigenvalue weighted by molar-refractivity contribution is -0.143. The van der Waals surface area contributed by atoms with Gasteiger partial charge < -0.3 is 5.32 Å². The highest BCUT2D eigenvalue weighted by molar-refractivity contribution is 5.38. The van der Waals surface area contributed by atoms with Crippen molar-refractivity contribution >= 4 is 5.82 Å². The fourth-order valence-corrected chi connectivity index (χ4v) is 2.74. The van der Waals surface area contributed by atoms with Crippen molar-refractivity contribution in [1.29, 1.82) is 0 Å². The van der Waals surface area contributed by atoms with E-state index in [1.165, 1.54) is 6.20 Å². The largest absolute Gasteiger partial charge is 0.435 e. The quantitative estimate of drug-likeness (QED) is 0.842. The van der Waals surface area contributed by atoms with Gasteiger partial charge in [-0.05, 0) is 37.0 Å². The highest BCUT2D eigenvalue weighted by atomic mass is 19.4. The van der Waals surface area contributed by atoms with Crippen molar-refractivity contribution < 1.29 is 26.3 Å². The standard InChI is InChI=1S/C14H13F6N5/c15-13(16,17)7-25-6-8-2-1-3-9(12(8)24-25)21-11-5-4-10(22-23-11)14(18,19)20/h4-6,9H,1-3,7H2,(H,21,23)/t9-/m0/s1. The van der Waals surface area contributed by atoms with Crippen LogP contribution in [0.3, 0.4) is 0 Å². The lowest BCUT2D eigenvalue weighted by Crippen LogP contribution is -2.20. The molecule has 0 bridgehead atoms. The zero-order valence-corrected chi connectivity index (χ0v) is 12.7. The third kappa shape index (κ3) is 4.20. The third-order valence-corrected chi connectivity index (χ3v) is 3.76. The second-order valence-electron chi connectivity index (χ2n) is 5.74. The van der Waals surface area contributed by atoms with Gasteiger partial charge in [0.2, 0.25) is 0 Å². The lowest BCUT2D eigenvalue weighted by Gasteiger charge is -2.22. The van der Waals surface area contributed by atoms with Crippen molar-refractivity contribution in [3.05, 3.63) is 35.3 Å². The Hall–Kier alpha value is -2.33. The van der Waals surface area contributed by atoms with E-state index in [4.69, 9.17) is 0 Å². The summed E-state index contributed by atoms with van der Waals surface area (Å²) in [5.41, 5.74) is 0.0295. The SMILES string of the molecule is FC(F)(F)Cn1cc2c(n1)[C@@H](Nc1ccc(C(F)(F)F)nn1)CCC2. The molecule has 5 nitrogen and oxygen atoms in total. The number of halogens is 6. The number of hydrogen-bond acceptors (Lipinski definition) is 4. The molecule has 1 aliphatic carbocycles. The summed E-state index contributed by atoms with van der Waals surface area (Å²) in [6.45, 7) is -1.19. The molecule has 3 rings (SSSR count). The van der Waals surface area contributed by atoms with Gasteiger partial charge in [0.15, 0.2) is 5.69 Å². The van der Waals surface area contributed by atoms with Crippen LogP contribution in [0.15, 0.2) is 18.3 Å². The molecule has 1 aliphatic rings. The average Bonchev–Trinajstić information content (AvgIpc) is 2.88. The zero-order chi connectivity index (χ0) is 18.2. The first-order valence-electron chi connectivity index (χ1n) is 7.42. The maximum Gasteiger partial charge on any atom is 0.435 e. The summed E-state index contributed by atoms with van der Waals surface area (Å²) >= 11 is 0. The van der Waals surface area contributed by atoms with Gasteiger partial charge in [-0.3, -0.25) is 4.68 Å². The Morgan fingerprint density at radius 1 is 1.12 bits per heavy atom. The minimum atomic E-state index is -4.58. The van der Waals surface area contributed by atoms with Crippen molar-refractivity contribution in [1.82, 2.24) is 20.0 Å². The molecule has 136 valence electrons. The molecular weight excluding hydrogens is 352 g/mol. The van der Waals surface area contributed by atoms with Crippen molar-refractivity contribution in [3.8, 4) is 0 Å². The Morgan fingerprint density at radius 3 is 2.48 bits per heavy atom. The van der Waals surface area contributed by atoms with Gasteiger partial charge in [0, 0.05) is 6.20 Å². The van der Waals surface area contributed by atoms with Crippen LogP contribution in [0.2, 0.25) is 0 Å². The average molecular weight is 365 g/mol. The summed E-state index contributed by atoms with van der Waals surface area (Å²) in [4.78, 5) is 0. The predicted octanol–water partition coefficient (Wildman–Crippen LogP) is 3.74. The molecule has 2 aromatic rings. The number of hydrogen-bond donors (Lipinski definition) is 1. The van der Waals surface area contributed by atoms with Crippen molar-refractivity contribution in [2.45, 2.75) is 44.2 Å². The molecule has 0 saturated carbocycles. The molecule has 0 spiro atoms. The molecule has 1 atom stereocenters. The molecule has 11 heteroatoms. The summed E-state index contributed by atoms with van der Waals surface area (Å²) < 4.78 is 75.8. The van der Waals surface area contributed by atoms with Gasteiger partial charge in [0.25, 0.3) is 0 Å². The van der Waals surface area contributed by atoms with Crippen LogP contribution in [0, 0.1) is 0 Å². The number of alkyl halides is 6. The monoisotopic (exact) mass is 365 g/mol. The smallest absolute Gasteiger partial charge is 0.360 e. The van der Waals surface area contributed by atoms with Gasteiger partial charge in [-0.15, -0.1) is 10.2 Å². The molecule has 0 amide bonds. The molecule has 0 aliphatic heterocycles. The normalized spacial score (nSPS) is 18.1. The maximum atomic E-state index is 12.5. The van der Waals surface area contributed by atoms with Gasteiger partial charge in [-0.25, -0.2) is 0 Å². The Morgan fingerprint density at radius 2 is 1.88 bits per heavy atom. The van der Waals surface area contributed by atoms with Crippen LogP contribution in [-0.2, 0) is 19.1 Å². The first-order valence-corrected chi connectivity index (χ1v) is 7.42. The van der Waals surface area contributed by atoms with Crippen LogP contribution < -0.4 is 5.32 Å². The maximum absolute atomic E-state index is 12.5. The van der Waals surface area contributed by atoms with E-state index in [9.17, 15) is 26.3 Å². The van der Waals surface area contributed by atoms with Gasteiger partial charge in [-0.2, -0.15) is 31.4 Å². The second kappa shape index (κ2) is 6.19. The Labute approximate surface area is 138 Å². The molecule has 2 heterocycles. The third-order valence-electron chi connectivity index (χ3n) is 3.76. The molecule has 1 N–H and O–H groups in total. The number of aromatic nitrogens is 4. The Balaban J connectivity index is 1.77. The molecule has 0 saturated heterocycles. The van der Waals surface area contributed by atoms with Crippen molar-refractivity contribution in [2.24, 2.45) is 0 Å². The van der Waals surface area contributed by atoms with Gasteiger partial charge in [0.1, 0.15) is 12.4 Å². The summed E-state index contributed by atoms with van der Waals surface area (Å²) in [5.74, 6) is 0.108. The Kier molecular flexibility index (Phi) is 4.33. The lowest BCUT2D eigenvalue weighted by atomic mass is 9.94. The minimum absolute atomic E-state index is 0.108. The van der Waals surface area contributed by atoms with Crippen molar-refractivity contribution in [3.63, 3.8) is 0 Å². The van der Waals surface area contributed by atoms with E-state index in [0.29, 0.717) is 24.1 Å². The summed E-state index contributed by atoms with van der Waals surface area (Å²) in [6.07, 6.45) is -5.70. The van der Waals surface area contributed by atoms with E-state index in [1.807, 2.05) is 0 Å². The van der Waals surface area contributed by atoms with Crippen LogP contribution in [0.25, 0.3) is 0 Å². The highest BCUT2D eigenvalue weighted by Gasteiger charge is 2.33. The number of nitrogens with one attached hydrogen (secondary N) is 1. The Bertz CT molecular complexity index is 734. The first kappa shape index (κ1) is 17.5. The molecule has 0 aromatic carbocycles. The van der Waals surface area contributed by atoms with Crippen molar-refractivity contribution in [2.75, 3.05) is 5.32 Å². The molecular formula is C14H13F6N5. The van der Waals surface area contributed by atoms with Gasteiger partial charge in [0.05, 0.1) is 11.7 Å². The fraction of sp³-hybridized carbons (Fsp3) is 0.500. The van der Waals surface area contributed by atoms with E-state index >= 15 is 0 Å². The van der Waals surface area contributed by atoms with E-state index in [-0.39, 0.29) is 5.82 Å². The molecule has 25 heavy (non-hydrogen) atoms. The molecule has 2 aromatic heterocycles. The van der Waals surface area contributed by atoms with E-state index in [2.05, 4.69) is 20.6 Å². The molecule has 0 radical (unpaired) electrons. The number of rotatable bonds is 3. The fourth-order valence-electron chi connectivity index (χ4n) is 2.74. The predicted molar refractivity (Wildman–Crippen MR) is 74.6 cm³/mol. The summed E-state index contributed by atoms with van der Waals surface area (Å²) in [7, 11) is 0.